The van der Waals surface area contributed by atoms with Gasteiger partial charge in [-0.1, -0.05) is 24.3 Å². The number of alkyl halides is 4. The number of rotatable bonds is 19. The molecule has 2 aromatic heterocycles. The molecule has 0 amide bonds. The number of halogens is 4. The van der Waals surface area contributed by atoms with Crippen molar-refractivity contribution in [3.8, 4) is 11.5 Å². The smallest absolute Gasteiger partial charge is 0.263 e. The fraction of sp³-hybridized carbons (Fsp3) is 0.500. The summed E-state index contributed by atoms with van der Waals surface area (Å²) in [7, 11) is -1.72. The van der Waals surface area contributed by atoms with Crippen LogP contribution in [0.5, 0.6) is 11.5 Å². The fourth-order valence-electron chi connectivity index (χ4n) is 5.59. The number of aromatic nitrogens is 4. The lowest BCUT2D eigenvalue weighted by molar-refractivity contribution is 0.0957. The summed E-state index contributed by atoms with van der Waals surface area (Å²) in [5, 5.41) is 13.0. The number of ether oxygens (including phenoxy) is 2. The lowest BCUT2D eigenvalue weighted by Crippen LogP contribution is -2.30. The first kappa shape index (κ1) is 46.3. The van der Waals surface area contributed by atoms with Crippen molar-refractivity contribution in [2.24, 2.45) is 5.14 Å². The molecule has 312 valence electrons. The molecule has 4 rings (SSSR count). The number of methoxy groups -OCH3 is 2. The third-order valence-corrected chi connectivity index (χ3v) is 10.7. The number of sulfonamides is 2. The van der Waals surface area contributed by atoms with Crippen molar-refractivity contribution in [1.29, 1.82) is 0 Å². The Balaban J connectivity index is 0.000000372. The van der Waals surface area contributed by atoms with Crippen molar-refractivity contribution >= 4 is 20.0 Å². The minimum Gasteiger partial charge on any atom is -0.497 e. The summed E-state index contributed by atoms with van der Waals surface area (Å²) in [6.07, 6.45) is -4.94. The molecule has 0 saturated heterocycles. The van der Waals surface area contributed by atoms with E-state index in [1.807, 2.05) is 52.0 Å². The predicted molar refractivity (Wildman–Crippen MR) is 204 cm³/mol. The summed E-state index contributed by atoms with van der Waals surface area (Å²) in [6.45, 7) is 7.07. The van der Waals surface area contributed by atoms with Gasteiger partial charge in [0.05, 0.1) is 38.7 Å². The van der Waals surface area contributed by atoms with Gasteiger partial charge in [0.25, 0.3) is 32.9 Å². The monoisotopic (exact) mass is 832 g/mol. The molecule has 0 saturated carbocycles. The van der Waals surface area contributed by atoms with E-state index in [9.17, 15) is 34.4 Å². The SMILES string of the molecule is CC(C)n1nc(S(N)(=O)=O)cc1CN(C)CC(F)F.COc1ccc(CN(Cc2ccc(OC)cc2)S(=O)(=O)c2cc(CN(C)CC(F)F)n(C(C)C)n2)cc1. The number of primary sulfonamides is 1. The number of hydrogen-bond acceptors (Lipinski definition) is 10. The first-order chi connectivity index (χ1) is 26.1. The second kappa shape index (κ2) is 20.4. The highest BCUT2D eigenvalue weighted by atomic mass is 32.2. The Hall–Kier alpha value is -4.08. The molecule has 0 bridgehead atoms. The summed E-state index contributed by atoms with van der Waals surface area (Å²) in [5.74, 6) is 1.34. The van der Waals surface area contributed by atoms with Gasteiger partial charge < -0.3 is 9.47 Å². The van der Waals surface area contributed by atoms with Crippen LogP contribution in [0, 0.1) is 0 Å². The van der Waals surface area contributed by atoms with Crippen molar-refractivity contribution in [3.63, 3.8) is 0 Å². The van der Waals surface area contributed by atoms with Crippen LogP contribution in [0.25, 0.3) is 0 Å². The number of benzene rings is 2. The molecule has 0 fully saturated rings. The van der Waals surface area contributed by atoms with Crippen molar-refractivity contribution in [1.82, 2.24) is 33.7 Å². The van der Waals surface area contributed by atoms with Gasteiger partial charge in [-0.2, -0.15) is 14.5 Å². The summed E-state index contributed by atoms with van der Waals surface area (Å²) in [6, 6.07) is 16.9. The van der Waals surface area contributed by atoms with E-state index in [0.29, 0.717) is 22.9 Å². The number of hydrogen-bond donors (Lipinski definition) is 1. The summed E-state index contributed by atoms with van der Waals surface area (Å²) >= 11 is 0. The van der Waals surface area contributed by atoms with Crippen LogP contribution in [0.1, 0.15) is 62.3 Å². The van der Waals surface area contributed by atoms with Crippen LogP contribution in [0.2, 0.25) is 0 Å². The molecule has 0 atom stereocenters. The van der Waals surface area contributed by atoms with Crippen LogP contribution >= 0.6 is 0 Å². The Morgan fingerprint density at radius 2 is 1.00 bits per heavy atom. The average molecular weight is 833 g/mol. The normalized spacial score (nSPS) is 12.4. The van der Waals surface area contributed by atoms with Crippen LogP contribution in [0.15, 0.2) is 70.7 Å². The van der Waals surface area contributed by atoms with Crippen molar-refractivity contribution < 1.29 is 43.9 Å². The molecule has 4 aromatic rings. The highest BCUT2D eigenvalue weighted by molar-refractivity contribution is 7.89. The highest BCUT2D eigenvalue weighted by Crippen LogP contribution is 2.25. The van der Waals surface area contributed by atoms with Crippen LogP contribution in [0.4, 0.5) is 17.6 Å². The van der Waals surface area contributed by atoms with E-state index >= 15 is 0 Å². The van der Waals surface area contributed by atoms with Gasteiger partial charge >= 0.3 is 0 Å². The zero-order chi connectivity index (χ0) is 42.0. The molecule has 0 radical (unpaired) electrons. The second-order valence-electron chi connectivity index (χ2n) is 13.7. The van der Waals surface area contributed by atoms with Gasteiger partial charge in [0, 0.05) is 50.4 Å². The van der Waals surface area contributed by atoms with Gasteiger partial charge in [-0.3, -0.25) is 19.2 Å². The summed E-state index contributed by atoms with van der Waals surface area (Å²) in [4.78, 5) is 2.84. The first-order valence-electron chi connectivity index (χ1n) is 17.5. The number of nitrogens with two attached hydrogens (primary N) is 1. The molecule has 20 heteroatoms. The predicted octanol–water partition coefficient (Wildman–Crippen LogP) is 5.38. The molecule has 0 aliphatic rings. The molecule has 14 nitrogen and oxygen atoms in total. The van der Waals surface area contributed by atoms with Crippen LogP contribution < -0.4 is 14.6 Å². The van der Waals surface area contributed by atoms with Crippen molar-refractivity contribution in [3.05, 3.63) is 83.2 Å². The standard InChI is InChI=1S/C26H34F2N4O4S.C10H18F2N4O2S/c1-19(2)32-22(17-30(3)18-25(27)28)14-26(29-32)37(33,34)31(15-20-6-10-23(35-4)11-7-20)16-21-8-12-24(36-5)13-9-21;1-7(2)16-8(5-15(3)6-9(11)12)4-10(14-16)19(13,17)18/h6-14,19,25H,15-18H2,1-5H3;4,7,9H,5-6H2,1-3H3,(H2,13,17,18). The maximum atomic E-state index is 13.9. The van der Waals surface area contributed by atoms with Gasteiger partial charge in [-0.25, -0.2) is 39.5 Å². The highest BCUT2D eigenvalue weighted by Gasteiger charge is 2.30. The van der Waals surface area contributed by atoms with E-state index in [-0.39, 0.29) is 48.3 Å². The molecule has 0 aliphatic heterocycles. The summed E-state index contributed by atoms with van der Waals surface area (Å²) < 4.78 is 115. The minimum atomic E-state index is -4.05. The van der Waals surface area contributed by atoms with Gasteiger partial charge in [0.15, 0.2) is 10.1 Å². The van der Waals surface area contributed by atoms with Crippen LogP contribution in [0.3, 0.4) is 0 Å². The fourth-order valence-corrected chi connectivity index (χ4v) is 7.47. The summed E-state index contributed by atoms with van der Waals surface area (Å²) in [5.41, 5.74) is 2.63. The van der Waals surface area contributed by atoms with E-state index in [2.05, 4.69) is 10.2 Å². The van der Waals surface area contributed by atoms with Crippen molar-refractivity contribution in [2.45, 2.75) is 88.9 Å². The molecular formula is C36H52F4N8O6S2. The minimum absolute atomic E-state index is 0.0922. The van der Waals surface area contributed by atoms with E-state index in [0.717, 1.165) is 11.1 Å². The van der Waals surface area contributed by atoms with Gasteiger partial charge in [-0.15, -0.1) is 0 Å². The topological polar surface area (TPSA) is 158 Å². The lowest BCUT2D eigenvalue weighted by Gasteiger charge is -2.22. The van der Waals surface area contributed by atoms with Crippen LogP contribution in [-0.4, -0.2) is 105 Å². The molecular weight excluding hydrogens is 781 g/mol. The maximum absolute atomic E-state index is 13.9. The Labute approximate surface area is 326 Å². The molecule has 0 spiro atoms. The quantitative estimate of drug-likeness (QED) is 0.122. The zero-order valence-electron chi connectivity index (χ0n) is 32.8. The number of nitrogens with zero attached hydrogens (tertiary/aromatic N) is 7. The van der Waals surface area contributed by atoms with E-state index in [1.165, 1.54) is 38.0 Å². The Morgan fingerprint density at radius 1 is 0.643 bits per heavy atom. The van der Waals surface area contributed by atoms with E-state index in [1.54, 1.807) is 50.2 Å². The van der Waals surface area contributed by atoms with Gasteiger partial charge in [0.2, 0.25) is 0 Å². The van der Waals surface area contributed by atoms with Crippen molar-refractivity contribution in [2.75, 3.05) is 41.4 Å². The van der Waals surface area contributed by atoms with Crippen LogP contribution in [-0.2, 0) is 46.2 Å². The molecule has 2 heterocycles. The Bertz CT molecular complexity index is 1990. The molecule has 0 aliphatic carbocycles. The first-order valence-corrected chi connectivity index (χ1v) is 20.5. The van der Waals surface area contributed by atoms with Gasteiger partial charge in [-0.05, 0) is 77.2 Å². The van der Waals surface area contributed by atoms with E-state index < -0.39 is 46.0 Å². The molecule has 0 unspecified atom stereocenters. The Kier molecular flexibility index (Phi) is 16.8. The zero-order valence-corrected chi connectivity index (χ0v) is 34.4. The largest absolute Gasteiger partial charge is 0.497 e. The molecule has 2 N–H and O–H groups in total. The average Bonchev–Trinajstić information content (AvgIpc) is 3.74. The second-order valence-corrected chi connectivity index (χ2v) is 17.1. The Morgan fingerprint density at radius 3 is 1.32 bits per heavy atom. The third-order valence-electron chi connectivity index (χ3n) is 8.25. The molecule has 2 aromatic carbocycles. The van der Waals surface area contributed by atoms with Gasteiger partial charge in [0.1, 0.15) is 11.5 Å². The van der Waals surface area contributed by atoms with E-state index in [4.69, 9.17) is 14.6 Å². The third kappa shape index (κ3) is 13.5. The lowest BCUT2D eigenvalue weighted by atomic mass is 10.2. The maximum Gasteiger partial charge on any atom is 0.263 e. The molecule has 56 heavy (non-hydrogen) atoms.